The van der Waals surface area contributed by atoms with Crippen LogP contribution in [0.25, 0.3) is 28.3 Å². The molecule has 152 valence electrons. The fraction of sp³-hybridized carbons (Fsp3) is 0.0952. The summed E-state index contributed by atoms with van der Waals surface area (Å²) in [6.45, 7) is 0.339. The highest BCUT2D eigenvalue weighted by Crippen LogP contribution is 2.35. The van der Waals surface area contributed by atoms with E-state index < -0.39 is 0 Å². The summed E-state index contributed by atoms with van der Waals surface area (Å²) in [6, 6.07) is 12.7. The summed E-state index contributed by atoms with van der Waals surface area (Å²) in [5.41, 5.74) is 2.29. The molecule has 0 bridgehead atoms. The number of nitrogens with zero attached hydrogens (tertiary/aromatic N) is 6. The Kier molecular flexibility index (Phi) is 3.82. The average Bonchev–Trinajstić information content (AvgIpc) is 3.55. The fourth-order valence-corrected chi connectivity index (χ4v) is 3.41. The third-order valence-electron chi connectivity index (χ3n) is 4.94. The second kappa shape index (κ2) is 6.80. The Morgan fingerprint density at radius 3 is 2.84 bits per heavy atom. The molecule has 5 heterocycles. The lowest BCUT2D eigenvalue weighted by Gasteiger charge is -2.01. The zero-order chi connectivity index (χ0) is 20.8. The monoisotopic (exact) mass is 414 g/mol. The molecule has 5 aromatic rings. The van der Waals surface area contributed by atoms with Gasteiger partial charge in [-0.05, 0) is 36.4 Å². The highest BCUT2D eigenvalue weighted by Gasteiger charge is 2.17. The molecule has 0 aliphatic carbocycles. The minimum Gasteiger partial charge on any atom is -0.454 e. The maximum Gasteiger partial charge on any atom is 0.277 e. The Labute approximate surface area is 174 Å². The normalized spacial score (nSPS) is 12.5. The van der Waals surface area contributed by atoms with Crippen molar-refractivity contribution < 1.29 is 14.0 Å². The predicted molar refractivity (Wildman–Crippen MR) is 108 cm³/mol. The first-order valence-corrected chi connectivity index (χ1v) is 9.47. The van der Waals surface area contributed by atoms with Gasteiger partial charge >= 0.3 is 0 Å². The molecule has 0 amide bonds. The van der Waals surface area contributed by atoms with Gasteiger partial charge < -0.3 is 18.6 Å². The number of pyridine rings is 1. The van der Waals surface area contributed by atoms with E-state index in [1.165, 1.54) is 4.57 Å². The quantitative estimate of drug-likeness (QED) is 0.441. The van der Waals surface area contributed by atoms with Crippen LogP contribution >= 0.6 is 0 Å². The summed E-state index contributed by atoms with van der Waals surface area (Å²) in [4.78, 5) is 21.5. The smallest absolute Gasteiger partial charge is 0.277 e. The van der Waals surface area contributed by atoms with E-state index in [1.54, 1.807) is 35.2 Å². The molecule has 0 saturated carbocycles. The van der Waals surface area contributed by atoms with Crippen LogP contribution in [0.1, 0.15) is 5.89 Å². The number of hydrogen-bond donors (Lipinski definition) is 0. The molecular weight excluding hydrogens is 400 g/mol. The highest BCUT2D eigenvalue weighted by atomic mass is 16.7. The summed E-state index contributed by atoms with van der Waals surface area (Å²) in [6.07, 6.45) is 5.00. The molecule has 1 aromatic carbocycles. The molecule has 31 heavy (non-hydrogen) atoms. The Morgan fingerprint density at radius 2 is 1.94 bits per heavy atom. The van der Waals surface area contributed by atoms with Crippen LogP contribution in [0, 0.1) is 0 Å². The van der Waals surface area contributed by atoms with Crippen LogP contribution in [0.15, 0.2) is 70.4 Å². The van der Waals surface area contributed by atoms with Gasteiger partial charge in [0.25, 0.3) is 5.56 Å². The van der Waals surface area contributed by atoms with Gasteiger partial charge in [-0.1, -0.05) is 11.2 Å². The summed E-state index contributed by atoms with van der Waals surface area (Å²) in [5.74, 6) is 2.04. The molecule has 4 aromatic heterocycles. The molecule has 0 radical (unpaired) electrons. The summed E-state index contributed by atoms with van der Waals surface area (Å²) < 4.78 is 19.1. The van der Waals surface area contributed by atoms with Gasteiger partial charge in [-0.25, -0.2) is 4.52 Å². The molecule has 10 heteroatoms. The molecule has 6 rings (SSSR count). The van der Waals surface area contributed by atoms with Gasteiger partial charge in [0, 0.05) is 24.2 Å². The van der Waals surface area contributed by atoms with E-state index in [1.807, 2.05) is 30.3 Å². The Bertz CT molecular complexity index is 1470. The van der Waals surface area contributed by atoms with Crippen LogP contribution in [-0.4, -0.2) is 36.1 Å². The summed E-state index contributed by atoms with van der Waals surface area (Å²) in [7, 11) is 0. The SMILES string of the molecule is O=c1c2cc(-c3ccc4c(c3)OCO4)nn2ccn1Cc1nc(-c2ccccn2)no1. The van der Waals surface area contributed by atoms with Crippen molar-refractivity contribution in [1.82, 2.24) is 29.3 Å². The first-order chi connectivity index (χ1) is 15.2. The van der Waals surface area contributed by atoms with Crippen LogP contribution in [-0.2, 0) is 6.54 Å². The van der Waals surface area contributed by atoms with E-state index >= 15 is 0 Å². The first kappa shape index (κ1) is 17.4. The maximum absolute atomic E-state index is 13.0. The van der Waals surface area contributed by atoms with Gasteiger partial charge in [-0.2, -0.15) is 10.1 Å². The Morgan fingerprint density at radius 1 is 1.00 bits per heavy atom. The minimum absolute atomic E-state index is 0.139. The van der Waals surface area contributed by atoms with E-state index in [0.717, 1.165) is 5.56 Å². The molecule has 10 nitrogen and oxygen atoms in total. The lowest BCUT2D eigenvalue weighted by atomic mass is 10.1. The lowest BCUT2D eigenvalue weighted by molar-refractivity contribution is 0.174. The first-order valence-electron chi connectivity index (χ1n) is 9.47. The van der Waals surface area contributed by atoms with Crippen molar-refractivity contribution >= 4 is 5.52 Å². The van der Waals surface area contributed by atoms with Crippen LogP contribution in [0.3, 0.4) is 0 Å². The van der Waals surface area contributed by atoms with Crippen LogP contribution < -0.4 is 15.0 Å². The third-order valence-corrected chi connectivity index (χ3v) is 4.94. The summed E-state index contributed by atoms with van der Waals surface area (Å²) in [5, 5.41) is 8.45. The molecular formula is C21H14N6O4. The van der Waals surface area contributed by atoms with E-state index in [0.29, 0.717) is 40.1 Å². The Hall–Kier alpha value is -4.47. The van der Waals surface area contributed by atoms with Crippen LogP contribution in [0.5, 0.6) is 11.5 Å². The predicted octanol–water partition coefficient (Wildman–Crippen LogP) is 2.38. The van der Waals surface area contributed by atoms with Crippen molar-refractivity contribution in [3.63, 3.8) is 0 Å². The molecule has 0 unspecified atom stereocenters. The number of aromatic nitrogens is 6. The summed E-state index contributed by atoms with van der Waals surface area (Å²) >= 11 is 0. The molecule has 0 spiro atoms. The molecule has 1 aliphatic rings. The Balaban J connectivity index is 1.32. The standard InChI is InChI=1S/C21H14N6O4/c28-21-16-10-15(13-4-5-17-18(9-13)30-12-29-17)24-27(16)8-7-26(21)11-19-23-20(25-31-19)14-3-1-2-6-22-14/h1-10H,11-12H2. The van der Waals surface area contributed by atoms with Crippen molar-refractivity contribution in [3.8, 4) is 34.3 Å². The number of rotatable bonds is 4. The zero-order valence-corrected chi connectivity index (χ0v) is 16.0. The molecule has 0 N–H and O–H groups in total. The van der Waals surface area contributed by atoms with E-state index in [2.05, 4.69) is 20.2 Å². The van der Waals surface area contributed by atoms with Gasteiger partial charge in [0.1, 0.15) is 17.8 Å². The minimum atomic E-state index is -0.223. The van der Waals surface area contributed by atoms with Crippen molar-refractivity contribution in [2.45, 2.75) is 6.54 Å². The fourth-order valence-electron chi connectivity index (χ4n) is 3.41. The topological polar surface area (TPSA) is 110 Å². The largest absolute Gasteiger partial charge is 0.454 e. The van der Waals surface area contributed by atoms with Gasteiger partial charge in [0.15, 0.2) is 11.5 Å². The van der Waals surface area contributed by atoms with Crippen LogP contribution in [0.2, 0.25) is 0 Å². The van der Waals surface area contributed by atoms with E-state index in [4.69, 9.17) is 14.0 Å². The second-order valence-corrected chi connectivity index (χ2v) is 6.89. The molecule has 1 aliphatic heterocycles. The highest BCUT2D eigenvalue weighted by molar-refractivity contribution is 5.68. The maximum atomic E-state index is 13.0. The van der Waals surface area contributed by atoms with E-state index in [-0.39, 0.29) is 18.9 Å². The van der Waals surface area contributed by atoms with Crippen LogP contribution in [0.4, 0.5) is 0 Å². The van der Waals surface area contributed by atoms with Gasteiger partial charge in [0.2, 0.25) is 18.5 Å². The molecule has 0 atom stereocenters. The number of hydrogen-bond acceptors (Lipinski definition) is 8. The van der Waals surface area contributed by atoms with Gasteiger partial charge in [0.05, 0.1) is 5.69 Å². The molecule has 0 saturated heterocycles. The van der Waals surface area contributed by atoms with Crippen molar-refractivity contribution in [1.29, 1.82) is 0 Å². The number of benzene rings is 1. The zero-order valence-electron chi connectivity index (χ0n) is 16.0. The van der Waals surface area contributed by atoms with Gasteiger partial charge in [-0.15, -0.1) is 0 Å². The second-order valence-electron chi connectivity index (χ2n) is 6.89. The van der Waals surface area contributed by atoms with Gasteiger partial charge in [-0.3, -0.25) is 9.78 Å². The number of ether oxygens (including phenoxy) is 2. The van der Waals surface area contributed by atoms with E-state index in [9.17, 15) is 4.79 Å². The van der Waals surface area contributed by atoms with Crippen molar-refractivity contribution in [2.24, 2.45) is 0 Å². The number of fused-ring (bicyclic) bond motifs is 2. The molecule has 0 fully saturated rings. The van der Waals surface area contributed by atoms with Crippen molar-refractivity contribution in [3.05, 3.63) is 77.3 Å². The average molecular weight is 414 g/mol. The lowest BCUT2D eigenvalue weighted by Crippen LogP contribution is -2.21. The third kappa shape index (κ3) is 3.01. The van der Waals surface area contributed by atoms with Crippen molar-refractivity contribution in [2.75, 3.05) is 6.79 Å².